The topological polar surface area (TPSA) is 73.9 Å². The fraction of sp³-hybridized carbons (Fsp3) is 0.600. The van der Waals surface area contributed by atoms with Gasteiger partial charge in [-0.2, -0.15) is 0 Å². The highest BCUT2D eigenvalue weighted by atomic mass is 32.2. The Morgan fingerprint density at radius 1 is 1.32 bits per heavy atom. The summed E-state index contributed by atoms with van der Waals surface area (Å²) >= 11 is 0. The van der Waals surface area contributed by atoms with Gasteiger partial charge in [-0.15, -0.1) is 0 Å². The van der Waals surface area contributed by atoms with Gasteiger partial charge in [0, 0.05) is 0 Å². The molecule has 6 nitrogen and oxygen atoms in total. The van der Waals surface area contributed by atoms with Gasteiger partial charge >= 0.3 is 0 Å². The molecule has 2 aliphatic heterocycles. The highest BCUT2D eigenvalue weighted by molar-refractivity contribution is 7.92. The van der Waals surface area contributed by atoms with Crippen LogP contribution in [0.4, 0.5) is 5.69 Å². The molecule has 2 aliphatic rings. The highest BCUT2D eigenvalue weighted by Crippen LogP contribution is 2.39. The number of fused-ring (bicyclic) bond motifs is 1. The standard InChI is InChI=1S/C15H21NO5S/c1-15(2)8-4-5-11(21-15)9-22(17,18)16-12-6-3-7-13-14(12)20-10-19-13/h3,6-7,11,16H,4-5,8-10H2,1-2H3. The van der Waals surface area contributed by atoms with E-state index in [1.165, 1.54) is 0 Å². The first-order chi connectivity index (χ1) is 10.3. The summed E-state index contributed by atoms with van der Waals surface area (Å²) in [4.78, 5) is 0. The largest absolute Gasteiger partial charge is 0.454 e. The molecule has 1 aromatic rings. The third-order valence-electron chi connectivity index (χ3n) is 3.86. The van der Waals surface area contributed by atoms with E-state index in [1.54, 1.807) is 18.2 Å². The summed E-state index contributed by atoms with van der Waals surface area (Å²) in [6.07, 6.45) is 2.41. The number of anilines is 1. The van der Waals surface area contributed by atoms with Crippen molar-refractivity contribution in [2.75, 3.05) is 17.3 Å². The van der Waals surface area contributed by atoms with Crippen LogP contribution in [0.25, 0.3) is 0 Å². The van der Waals surface area contributed by atoms with E-state index in [1.807, 2.05) is 13.8 Å². The number of sulfonamides is 1. The van der Waals surface area contributed by atoms with E-state index in [0.717, 1.165) is 19.3 Å². The number of rotatable bonds is 4. The molecule has 1 N–H and O–H groups in total. The van der Waals surface area contributed by atoms with Gasteiger partial charge < -0.3 is 14.2 Å². The summed E-state index contributed by atoms with van der Waals surface area (Å²) in [5, 5.41) is 0. The second kappa shape index (κ2) is 5.62. The van der Waals surface area contributed by atoms with Gasteiger partial charge in [0.1, 0.15) is 0 Å². The number of hydrogen-bond acceptors (Lipinski definition) is 5. The van der Waals surface area contributed by atoms with Crippen molar-refractivity contribution >= 4 is 15.7 Å². The molecular weight excluding hydrogens is 306 g/mol. The van der Waals surface area contributed by atoms with E-state index in [0.29, 0.717) is 17.2 Å². The van der Waals surface area contributed by atoms with Crippen LogP contribution in [0.5, 0.6) is 11.5 Å². The minimum absolute atomic E-state index is 0.0546. The molecule has 3 rings (SSSR count). The van der Waals surface area contributed by atoms with Crippen molar-refractivity contribution < 1.29 is 22.6 Å². The van der Waals surface area contributed by atoms with Crippen molar-refractivity contribution in [3.8, 4) is 11.5 Å². The molecule has 1 unspecified atom stereocenters. The molecule has 0 spiro atoms. The third-order valence-corrected chi connectivity index (χ3v) is 5.20. The molecule has 0 bridgehead atoms. The summed E-state index contributed by atoms with van der Waals surface area (Å²) < 4.78 is 43.8. The molecular formula is C15H21NO5S. The monoisotopic (exact) mass is 327 g/mol. The Bertz CT molecular complexity index is 656. The molecule has 0 amide bonds. The van der Waals surface area contributed by atoms with Crippen LogP contribution in [0, 0.1) is 0 Å². The Morgan fingerprint density at radius 3 is 2.91 bits per heavy atom. The summed E-state index contributed by atoms with van der Waals surface area (Å²) in [5.74, 6) is 0.937. The maximum atomic E-state index is 12.4. The third kappa shape index (κ3) is 3.47. The zero-order chi connectivity index (χ0) is 15.8. The zero-order valence-electron chi connectivity index (χ0n) is 12.8. The van der Waals surface area contributed by atoms with Crippen molar-refractivity contribution in [3.63, 3.8) is 0 Å². The van der Waals surface area contributed by atoms with Crippen molar-refractivity contribution in [2.45, 2.75) is 44.8 Å². The van der Waals surface area contributed by atoms with E-state index in [9.17, 15) is 8.42 Å². The fourth-order valence-corrected chi connectivity index (χ4v) is 4.21. The molecule has 0 radical (unpaired) electrons. The summed E-state index contributed by atoms with van der Waals surface area (Å²) in [6, 6.07) is 5.13. The molecule has 122 valence electrons. The molecule has 0 aromatic heterocycles. The van der Waals surface area contributed by atoms with Crippen LogP contribution in [0.2, 0.25) is 0 Å². The molecule has 1 fully saturated rings. The summed E-state index contributed by atoms with van der Waals surface area (Å²) in [6.45, 7) is 4.09. The molecule has 2 heterocycles. The Hall–Kier alpha value is -1.47. The SMILES string of the molecule is CC1(C)CCCC(CS(=O)(=O)Nc2cccc3c2OCO3)O1. The predicted octanol–water partition coefficient (Wildman–Crippen LogP) is 2.50. The molecule has 1 saturated heterocycles. The minimum atomic E-state index is -3.52. The van der Waals surface area contributed by atoms with E-state index in [4.69, 9.17) is 14.2 Å². The van der Waals surface area contributed by atoms with Gasteiger partial charge in [0.25, 0.3) is 0 Å². The number of benzene rings is 1. The van der Waals surface area contributed by atoms with E-state index >= 15 is 0 Å². The number of para-hydroxylation sites is 1. The van der Waals surface area contributed by atoms with Crippen LogP contribution < -0.4 is 14.2 Å². The number of ether oxygens (including phenoxy) is 3. The van der Waals surface area contributed by atoms with Crippen molar-refractivity contribution in [3.05, 3.63) is 18.2 Å². The van der Waals surface area contributed by atoms with Gasteiger partial charge in [-0.25, -0.2) is 8.42 Å². The molecule has 1 atom stereocenters. The van der Waals surface area contributed by atoms with E-state index in [-0.39, 0.29) is 24.3 Å². The molecule has 7 heteroatoms. The zero-order valence-corrected chi connectivity index (χ0v) is 13.6. The van der Waals surface area contributed by atoms with Crippen LogP contribution in [-0.2, 0) is 14.8 Å². The molecule has 22 heavy (non-hydrogen) atoms. The Balaban J connectivity index is 1.71. The first-order valence-electron chi connectivity index (χ1n) is 7.42. The van der Waals surface area contributed by atoms with Crippen LogP contribution in [0.15, 0.2) is 18.2 Å². The van der Waals surface area contributed by atoms with Crippen LogP contribution >= 0.6 is 0 Å². The Kier molecular flexibility index (Phi) is 3.94. The average Bonchev–Trinajstić information content (AvgIpc) is 2.85. The molecule has 0 saturated carbocycles. The van der Waals surface area contributed by atoms with Crippen molar-refractivity contribution in [1.82, 2.24) is 0 Å². The fourth-order valence-electron chi connectivity index (χ4n) is 2.91. The molecule has 0 aliphatic carbocycles. The lowest BCUT2D eigenvalue weighted by Crippen LogP contribution is -2.39. The number of nitrogens with one attached hydrogen (secondary N) is 1. The Labute approximate surface area is 130 Å². The van der Waals surface area contributed by atoms with E-state index in [2.05, 4.69) is 4.72 Å². The second-order valence-electron chi connectivity index (χ2n) is 6.31. The summed E-state index contributed by atoms with van der Waals surface area (Å²) in [7, 11) is -3.52. The second-order valence-corrected chi connectivity index (χ2v) is 8.08. The van der Waals surface area contributed by atoms with Crippen molar-refractivity contribution in [2.24, 2.45) is 0 Å². The van der Waals surface area contributed by atoms with Gasteiger partial charge in [-0.05, 0) is 45.2 Å². The lowest BCUT2D eigenvalue weighted by molar-refractivity contribution is -0.0963. The van der Waals surface area contributed by atoms with Crippen LogP contribution in [0.3, 0.4) is 0 Å². The van der Waals surface area contributed by atoms with E-state index < -0.39 is 10.0 Å². The first-order valence-corrected chi connectivity index (χ1v) is 9.07. The number of hydrogen-bond donors (Lipinski definition) is 1. The van der Waals surface area contributed by atoms with Crippen LogP contribution in [0.1, 0.15) is 33.1 Å². The van der Waals surface area contributed by atoms with Gasteiger partial charge in [0.2, 0.25) is 16.8 Å². The van der Waals surface area contributed by atoms with Gasteiger partial charge in [-0.1, -0.05) is 6.07 Å². The smallest absolute Gasteiger partial charge is 0.235 e. The highest BCUT2D eigenvalue weighted by Gasteiger charge is 2.32. The minimum Gasteiger partial charge on any atom is -0.454 e. The van der Waals surface area contributed by atoms with Crippen LogP contribution in [-0.4, -0.2) is 32.7 Å². The van der Waals surface area contributed by atoms with Gasteiger partial charge in [0.05, 0.1) is 23.1 Å². The first kappa shape index (κ1) is 15.4. The van der Waals surface area contributed by atoms with Gasteiger partial charge in [0.15, 0.2) is 11.5 Å². The summed E-state index contributed by atoms with van der Waals surface area (Å²) in [5.41, 5.74) is 0.147. The quantitative estimate of drug-likeness (QED) is 0.920. The lowest BCUT2D eigenvalue weighted by atomic mass is 9.96. The maximum absolute atomic E-state index is 12.4. The average molecular weight is 327 g/mol. The predicted molar refractivity (Wildman–Crippen MR) is 82.8 cm³/mol. The maximum Gasteiger partial charge on any atom is 0.235 e. The van der Waals surface area contributed by atoms with Gasteiger partial charge in [-0.3, -0.25) is 4.72 Å². The normalized spacial score (nSPS) is 23.3. The lowest BCUT2D eigenvalue weighted by Gasteiger charge is -2.35. The molecule has 1 aromatic carbocycles. The Morgan fingerprint density at radius 2 is 2.14 bits per heavy atom. The van der Waals surface area contributed by atoms with Crippen molar-refractivity contribution in [1.29, 1.82) is 0 Å².